The molecule has 9 heteroatoms. The molecule has 3 rings (SSSR count). The first-order chi connectivity index (χ1) is 18.3. The summed E-state index contributed by atoms with van der Waals surface area (Å²) in [7, 11) is 0.337. The maximum Gasteiger partial charge on any atom is 0.175 e. The number of halogens is 2. The Morgan fingerprint density at radius 2 is 1.62 bits per heavy atom. The van der Waals surface area contributed by atoms with E-state index in [4.69, 9.17) is 9.47 Å². The molecule has 6 nitrogen and oxygen atoms in total. The second kappa shape index (κ2) is 18.1. The highest BCUT2D eigenvalue weighted by Gasteiger charge is 2.31. The Balaban J connectivity index is 0.00000400. The number of nitrogens with zero attached hydrogens (tertiary/aromatic N) is 1. The lowest BCUT2D eigenvalue weighted by atomic mass is 9.79. The van der Waals surface area contributed by atoms with Crippen LogP contribution in [0.5, 0.6) is 11.5 Å². The molecule has 1 N–H and O–H groups in total. The molecular weight excluding hydrogens is 567 g/mol. The lowest BCUT2D eigenvalue weighted by molar-refractivity contribution is 0.167. The SMILES string of the molecule is CCCN(CCCCCCNCCc1ccc(S(C)(=O)=O)cc1)C1Cc2ccc(OC)c(OC)c2C(C)C1.Cl.Cl. The van der Waals surface area contributed by atoms with Crippen molar-refractivity contribution in [1.82, 2.24) is 10.2 Å². The van der Waals surface area contributed by atoms with Gasteiger partial charge in [-0.2, -0.15) is 0 Å². The van der Waals surface area contributed by atoms with Gasteiger partial charge in [0.1, 0.15) is 0 Å². The van der Waals surface area contributed by atoms with Crippen LogP contribution in [0.3, 0.4) is 0 Å². The molecular formula is C31H50Cl2N2O4S. The number of nitrogens with one attached hydrogen (secondary N) is 1. The summed E-state index contributed by atoms with van der Waals surface area (Å²) in [6.45, 7) is 8.89. The molecule has 0 aromatic heterocycles. The first-order valence-electron chi connectivity index (χ1n) is 14.3. The number of ether oxygens (including phenoxy) is 2. The van der Waals surface area contributed by atoms with Gasteiger partial charge >= 0.3 is 0 Å². The number of rotatable bonds is 16. The van der Waals surface area contributed by atoms with Gasteiger partial charge in [-0.3, -0.25) is 0 Å². The van der Waals surface area contributed by atoms with Gasteiger partial charge in [0, 0.05) is 17.9 Å². The molecule has 0 aliphatic heterocycles. The molecule has 0 saturated carbocycles. The molecule has 0 bridgehead atoms. The number of benzene rings is 2. The number of hydrogen-bond donors (Lipinski definition) is 1. The minimum Gasteiger partial charge on any atom is -0.493 e. The van der Waals surface area contributed by atoms with E-state index >= 15 is 0 Å². The van der Waals surface area contributed by atoms with Gasteiger partial charge in [-0.05, 0) is 99.9 Å². The van der Waals surface area contributed by atoms with Gasteiger partial charge in [0.25, 0.3) is 0 Å². The topological polar surface area (TPSA) is 67.9 Å². The first kappa shape index (κ1) is 36.5. The van der Waals surface area contributed by atoms with Gasteiger partial charge in [-0.15, -0.1) is 24.8 Å². The van der Waals surface area contributed by atoms with E-state index in [0.29, 0.717) is 16.9 Å². The summed E-state index contributed by atoms with van der Waals surface area (Å²) in [5.41, 5.74) is 3.90. The van der Waals surface area contributed by atoms with Crippen LogP contribution in [-0.2, 0) is 22.7 Å². The molecule has 2 aromatic rings. The number of methoxy groups -OCH3 is 2. The Kier molecular flexibility index (Phi) is 16.5. The molecule has 2 unspecified atom stereocenters. The molecule has 0 radical (unpaired) electrons. The van der Waals surface area contributed by atoms with Crippen molar-refractivity contribution in [3.63, 3.8) is 0 Å². The predicted molar refractivity (Wildman–Crippen MR) is 171 cm³/mol. The average Bonchev–Trinajstić information content (AvgIpc) is 2.90. The van der Waals surface area contributed by atoms with Gasteiger partial charge in [0.2, 0.25) is 0 Å². The first-order valence-corrected chi connectivity index (χ1v) is 16.1. The third kappa shape index (κ3) is 10.4. The largest absolute Gasteiger partial charge is 0.493 e. The fraction of sp³-hybridized carbons (Fsp3) is 0.613. The Bertz CT molecular complexity index is 1110. The van der Waals surface area contributed by atoms with Crippen LogP contribution in [0.1, 0.15) is 75.0 Å². The summed E-state index contributed by atoms with van der Waals surface area (Å²) in [6, 6.07) is 12.1. The highest BCUT2D eigenvalue weighted by atomic mass is 35.5. The van der Waals surface area contributed by atoms with E-state index in [-0.39, 0.29) is 24.8 Å². The standard InChI is InChI=1S/C31H48N2O4S.2ClH/c1-6-20-33(27-22-24(2)30-26(23-27)13-16-29(36-3)31(30)37-4)21-10-8-7-9-18-32-19-17-25-11-14-28(15-12-25)38(5,34)35;;/h11-16,24,27,32H,6-10,17-23H2,1-5H3;2*1H. The number of sulfone groups is 1. The molecule has 0 amide bonds. The average molecular weight is 618 g/mol. The number of unbranched alkanes of at least 4 members (excludes halogenated alkanes) is 3. The van der Waals surface area contributed by atoms with Crippen molar-refractivity contribution < 1.29 is 17.9 Å². The van der Waals surface area contributed by atoms with E-state index < -0.39 is 9.84 Å². The quantitative estimate of drug-likeness (QED) is 0.218. The number of hydrogen-bond acceptors (Lipinski definition) is 6. The second-order valence-corrected chi connectivity index (χ2v) is 12.8. The Hall–Kier alpha value is -1.51. The zero-order valence-corrected chi connectivity index (χ0v) is 27.4. The van der Waals surface area contributed by atoms with Crippen LogP contribution in [0, 0.1) is 0 Å². The molecule has 0 spiro atoms. The Labute approximate surface area is 255 Å². The second-order valence-electron chi connectivity index (χ2n) is 10.7. The van der Waals surface area contributed by atoms with E-state index in [1.54, 1.807) is 26.4 Å². The highest BCUT2D eigenvalue weighted by molar-refractivity contribution is 7.90. The maximum absolute atomic E-state index is 11.6. The van der Waals surface area contributed by atoms with Crippen molar-refractivity contribution in [3.05, 3.63) is 53.1 Å². The van der Waals surface area contributed by atoms with Crippen molar-refractivity contribution in [1.29, 1.82) is 0 Å². The van der Waals surface area contributed by atoms with Gasteiger partial charge in [0.05, 0.1) is 19.1 Å². The third-order valence-electron chi connectivity index (χ3n) is 7.77. The van der Waals surface area contributed by atoms with Gasteiger partial charge < -0.3 is 19.7 Å². The van der Waals surface area contributed by atoms with E-state index in [1.807, 2.05) is 12.1 Å². The fourth-order valence-corrected chi connectivity index (χ4v) is 6.43. The normalized spacial score (nSPS) is 16.6. The molecule has 2 aromatic carbocycles. The maximum atomic E-state index is 11.6. The van der Waals surface area contributed by atoms with E-state index in [1.165, 1.54) is 56.0 Å². The van der Waals surface area contributed by atoms with Crippen LogP contribution in [0.25, 0.3) is 0 Å². The Morgan fingerprint density at radius 3 is 2.25 bits per heavy atom. The third-order valence-corrected chi connectivity index (χ3v) is 8.89. The lowest BCUT2D eigenvalue weighted by Gasteiger charge is -2.38. The number of fused-ring (bicyclic) bond motifs is 1. The fourth-order valence-electron chi connectivity index (χ4n) is 5.79. The molecule has 40 heavy (non-hydrogen) atoms. The summed E-state index contributed by atoms with van der Waals surface area (Å²) in [4.78, 5) is 3.11. The van der Waals surface area contributed by atoms with E-state index in [2.05, 4.69) is 36.2 Å². The summed E-state index contributed by atoms with van der Waals surface area (Å²) in [6.07, 6.45) is 10.5. The van der Waals surface area contributed by atoms with Crippen molar-refractivity contribution in [2.24, 2.45) is 0 Å². The summed E-state index contributed by atoms with van der Waals surface area (Å²) < 4.78 is 34.5. The summed E-state index contributed by atoms with van der Waals surface area (Å²) in [5.74, 6) is 2.20. The zero-order valence-electron chi connectivity index (χ0n) is 24.9. The van der Waals surface area contributed by atoms with E-state index in [9.17, 15) is 8.42 Å². The Morgan fingerprint density at radius 1 is 0.925 bits per heavy atom. The smallest absolute Gasteiger partial charge is 0.175 e. The molecule has 228 valence electrons. The van der Waals surface area contributed by atoms with Crippen LogP contribution in [0.15, 0.2) is 41.3 Å². The monoisotopic (exact) mass is 616 g/mol. The van der Waals surface area contributed by atoms with Crippen LogP contribution >= 0.6 is 24.8 Å². The van der Waals surface area contributed by atoms with Gasteiger partial charge in [-0.25, -0.2) is 8.42 Å². The van der Waals surface area contributed by atoms with Crippen molar-refractivity contribution in [2.45, 2.75) is 82.1 Å². The molecule has 0 fully saturated rings. The van der Waals surface area contributed by atoms with Crippen molar-refractivity contribution in [2.75, 3.05) is 46.7 Å². The molecule has 1 aliphatic carbocycles. The minimum atomic E-state index is -3.12. The van der Waals surface area contributed by atoms with Gasteiger partial charge in [0.15, 0.2) is 21.3 Å². The molecule has 0 saturated heterocycles. The summed E-state index contributed by atoms with van der Waals surface area (Å²) >= 11 is 0. The van der Waals surface area contributed by atoms with Crippen LogP contribution in [-0.4, -0.2) is 66.0 Å². The van der Waals surface area contributed by atoms with Crippen LogP contribution in [0.4, 0.5) is 0 Å². The predicted octanol–water partition coefficient (Wildman–Crippen LogP) is 6.47. The molecule has 2 atom stereocenters. The zero-order chi connectivity index (χ0) is 27.5. The lowest BCUT2D eigenvalue weighted by Crippen LogP contribution is -2.41. The minimum absolute atomic E-state index is 0. The van der Waals surface area contributed by atoms with Crippen LogP contribution in [0.2, 0.25) is 0 Å². The van der Waals surface area contributed by atoms with Gasteiger partial charge in [-0.1, -0.05) is 44.9 Å². The van der Waals surface area contributed by atoms with Crippen molar-refractivity contribution >= 4 is 34.7 Å². The molecule has 1 aliphatic rings. The molecule has 0 heterocycles. The van der Waals surface area contributed by atoms with E-state index in [0.717, 1.165) is 56.0 Å². The highest BCUT2D eigenvalue weighted by Crippen LogP contribution is 2.44. The van der Waals surface area contributed by atoms with Crippen molar-refractivity contribution in [3.8, 4) is 11.5 Å². The van der Waals surface area contributed by atoms with Crippen LogP contribution < -0.4 is 14.8 Å². The summed E-state index contributed by atoms with van der Waals surface area (Å²) in [5, 5.41) is 3.53.